The predicted molar refractivity (Wildman–Crippen MR) is 121 cm³/mol. The number of nitrogens with one attached hydrogen (secondary N) is 1. The number of rotatable bonds is 6. The number of ether oxygens (including phenoxy) is 2. The molecule has 0 aliphatic carbocycles. The van der Waals surface area contributed by atoms with Crippen molar-refractivity contribution in [2.24, 2.45) is 5.92 Å². The second kappa shape index (κ2) is 9.07. The zero-order chi connectivity index (χ0) is 23.7. The Morgan fingerprint density at radius 3 is 2.59 bits per heavy atom. The van der Waals surface area contributed by atoms with E-state index in [1.54, 1.807) is 24.3 Å². The largest absolute Gasteiger partial charge is 0.454 e. The Morgan fingerprint density at radius 1 is 1.09 bits per heavy atom. The third kappa shape index (κ3) is 4.48. The molecule has 0 atom stereocenters. The van der Waals surface area contributed by atoms with E-state index in [0.717, 1.165) is 18.4 Å². The summed E-state index contributed by atoms with van der Waals surface area (Å²) in [6, 6.07) is 11.7. The van der Waals surface area contributed by atoms with Gasteiger partial charge in [0, 0.05) is 25.2 Å². The summed E-state index contributed by atoms with van der Waals surface area (Å²) >= 11 is 0. The fourth-order valence-corrected chi connectivity index (χ4v) is 5.36. The van der Waals surface area contributed by atoms with Gasteiger partial charge in [0.25, 0.3) is 0 Å². The van der Waals surface area contributed by atoms with E-state index < -0.39 is 15.9 Å². The molecule has 34 heavy (non-hydrogen) atoms. The van der Waals surface area contributed by atoms with Crippen LogP contribution in [0.3, 0.4) is 0 Å². The van der Waals surface area contributed by atoms with Crippen LogP contribution >= 0.6 is 0 Å². The maximum absolute atomic E-state index is 12.9. The van der Waals surface area contributed by atoms with Gasteiger partial charge in [-0.2, -0.15) is 9.29 Å². The van der Waals surface area contributed by atoms with E-state index in [0.29, 0.717) is 36.1 Å². The number of benzene rings is 2. The molecule has 11 heteroatoms. The first-order valence-electron chi connectivity index (χ1n) is 11.0. The van der Waals surface area contributed by atoms with Crippen LogP contribution in [-0.4, -0.2) is 48.7 Å². The van der Waals surface area contributed by atoms with Crippen molar-refractivity contribution in [2.45, 2.75) is 31.2 Å². The van der Waals surface area contributed by atoms with Crippen LogP contribution in [0.1, 0.15) is 36.0 Å². The molecule has 3 aromatic rings. The van der Waals surface area contributed by atoms with Crippen molar-refractivity contribution in [1.82, 2.24) is 19.8 Å². The number of aromatic nitrogens is 2. The van der Waals surface area contributed by atoms with Gasteiger partial charge >= 0.3 is 11.8 Å². The molecular weight excluding hydrogens is 460 g/mol. The number of carbonyl (C=O) groups is 1. The summed E-state index contributed by atoms with van der Waals surface area (Å²) in [4.78, 5) is 16.8. The molecule has 0 saturated carbocycles. The molecule has 1 aromatic heterocycles. The molecule has 0 spiro atoms. The van der Waals surface area contributed by atoms with Crippen molar-refractivity contribution in [1.29, 1.82) is 0 Å². The predicted octanol–water partition coefficient (Wildman–Crippen LogP) is 2.82. The van der Waals surface area contributed by atoms with Crippen molar-refractivity contribution in [2.75, 3.05) is 19.9 Å². The maximum atomic E-state index is 12.9. The third-order valence-electron chi connectivity index (χ3n) is 6.00. The minimum atomic E-state index is -3.54. The average molecular weight is 485 g/mol. The van der Waals surface area contributed by atoms with E-state index in [9.17, 15) is 13.2 Å². The number of amides is 1. The quantitative estimate of drug-likeness (QED) is 0.566. The summed E-state index contributed by atoms with van der Waals surface area (Å²) in [5.74, 6) is 1.33. The van der Waals surface area contributed by atoms with Gasteiger partial charge in [-0.15, -0.1) is 0 Å². The number of fused-ring (bicyclic) bond motifs is 1. The molecule has 10 nitrogen and oxygen atoms in total. The van der Waals surface area contributed by atoms with E-state index in [1.807, 2.05) is 6.07 Å². The number of nitrogens with zero attached hydrogens (tertiary/aromatic N) is 3. The molecule has 3 heterocycles. The third-order valence-corrected chi connectivity index (χ3v) is 7.92. The smallest absolute Gasteiger partial charge is 0.316 e. The molecule has 1 saturated heterocycles. The van der Waals surface area contributed by atoms with Gasteiger partial charge in [-0.05, 0) is 60.7 Å². The number of piperidine rings is 1. The van der Waals surface area contributed by atoms with Crippen LogP contribution < -0.4 is 14.8 Å². The van der Waals surface area contributed by atoms with E-state index in [4.69, 9.17) is 14.0 Å². The fourth-order valence-electron chi connectivity index (χ4n) is 3.89. The SMILES string of the molecule is CC1CCN(S(=O)(=O)c2ccc(-c3noc(C(=O)NCc4ccc5c(c4)OCO5)n3)cc2)CC1. The summed E-state index contributed by atoms with van der Waals surface area (Å²) in [5.41, 5.74) is 1.38. The van der Waals surface area contributed by atoms with Gasteiger partial charge in [-0.3, -0.25) is 4.79 Å². The van der Waals surface area contributed by atoms with Gasteiger partial charge in [-0.1, -0.05) is 18.1 Å². The summed E-state index contributed by atoms with van der Waals surface area (Å²) < 4.78 is 43.0. The summed E-state index contributed by atoms with van der Waals surface area (Å²) in [7, 11) is -3.54. The van der Waals surface area contributed by atoms with Crippen molar-refractivity contribution in [3.63, 3.8) is 0 Å². The second-order valence-electron chi connectivity index (χ2n) is 8.40. The van der Waals surface area contributed by atoms with E-state index in [1.165, 1.54) is 16.4 Å². The molecule has 178 valence electrons. The summed E-state index contributed by atoms with van der Waals surface area (Å²) in [5, 5.41) is 6.58. The molecule has 0 radical (unpaired) electrons. The molecule has 1 amide bonds. The highest BCUT2D eigenvalue weighted by Gasteiger charge is 2.28. The Balaban J connectivity index is 1.23. The molecule has 2 aromatic carbocycles. The highest BCUT2D eigenvalue weighted by molar-refractivity contribution is 7.89. The number of sulfonamides is 1. The van der Waals surface area contributed by atoms with Crippen LogP contribution in [0.25, 0.3) is 11.4 Å². The lowest BCUT2D eigenvalue weighted by molar-refractivity contribution is 0.0907. The van der Waals surface area contributed by atoms with E-state index in [2.05, 4.69) is 22.4 Å². The number of carbonyl (C=O) groups excluding carboxylic acids is 1. The Kier molecular flexibility index (Phi) is 5.96. The van der Waals surface area contributed by atoms with Crippen LogP contribution in [0.5, 0.6) is 11.5 Å². The van der Waals surface area contributed by atoms with Crippen molar-refractivity contribution >= 4 is 15.9 Å². The highest BCUT2D eigenvalue weighted by Crippen LogP contribution is 2.32. The number of hydrogen-bond acceptors (Lipinski definition) is 8. The van der Waals surface area contributed by atoms with Gasteiger partial charge < -0.3 is 19.3 Å². The maximum Gasteiger partial charge on any atom is 0.316 e. The Morgan fingerprint density at radius 2 is 1.82 bits per heavy atom. The first kappa shape index (κ1) is 22.4. The Hall–Kier alpha value is -3.44. The van der Waals surface area contributed by atoms with Gasteiger partial charge in [0.05, 0.1) is 4.90 Å². The standard InChI is InChI=1S/C23H24N4O6S/c1-15-8-10-27(11-9-15)34(29,30)18-5-3-17(4-6-18)21-25-23(33-26-21)22(28)24-13-16-2-7-19-20(12-16)32-14-31-19/h2-7,12,15H,8-11,13-14H2,1H3,(H,24,28). The topological polar surface area (TPSA) is 124 Å². The van der Waals surface area contributed by atoms with E-state index >= 15 is 0 Å². The summed E-state index contributed by atoms with van der Waals surface area (Å²) in [6.45, 7) is 3.62. The fraction of sp³-hybridized carbons (Fsp3) is 0.348. The minimum Gasteiger partial charge on any atom is -0.454 e. The van der Waals surface area contributed by atoms with Crippen LogP contribution in [0.4, 0.5) is 0 Å². The molecule has 2 aliphatic rings. The average Bonchev–Trinajstić information content (AvgIpc) is 3.52. The zero-order valence-corrected chi connectivity index (χ0v) is 19.4. The van der Waals surface area contributed by atoms with E-state index in [-0.39, 0.29) is 29.9 Å². The van der Waals surface area contributed by atoms with Crippen LogP contribution in [-0.2, 0) is 16.6 Å². The van der Waals surface area contributed by atoms with Gasteiger partial charge in [-0.25, -0.2) is 8.42 Å². The normalized spacial score (nSPS) is 16.5. The molecule has 5 rings (SSSR count). The van der Waals surface area contributed by atoms with Crippen LogP contribution in [0, 0.1) is 5.92 Å². The summed E-state index contributed by atoms with van der Waals surface area (Å²) in [6.07, 6.45) is 1.72. The molecule has 0 unspecified atom stereocenters. The monoisotopic (exact) mass is 484 g/mol. The van der Waals surface area contributed by atoms with Gasteiger partial charge in [0.2, 0.25) is 22.6 Å². The van der Waals surface area contributed by atoms with Gasteiger partial charge in [0.15, 0.2) is 11.5 Å². The van der Waals surface area contributed by atoms with Crippen LogP contribution in [0.2, 0.25) is 0 Å². The lowest BCUT2D eigenvalue weighted by Gasteiger charge is -2.29. The second-order valence-corrected chi connectivity index (χ2v) is 10.3. The highest BCUT2D eigenvalue weighted by atomic mass is 32.2. The van der Waals surface area contributed by atoms with Crippen molar-refractivity contribution in [3.8, 4) is 22.9 Å². The Bertz CT molecular complexity index is 1300. The molecule has 1 N–H and O–H groups in total. The molecule has 1 fully saturated rings. The zero-order valence-electron chi connectivity index (χ0n) is 18.6. The Labute approximate surface area is 196 Å². The molecule has 2 aliphatic heterocycles. The van der Waals surface area contributed by atoms with Crippen LogP contribution in [0.15, 0.2) is 51.9 Å². The van der Waals surface area contributed by atoms with Crippen molar-refractivity contribution in [3.05, 3.63) is 53.9 Å². The lowest BCUT2D eigenvalue weighted by atomic mass is 10.0. The van der Waals surface area contributed by atoms with Gasteiger partial charge in [0.1, 0.15) is 0 Å². The lowest BCUT2D eigenvalue weighted by Crippen LogP contribution is -2.37. The van der Waals surface area contributed by atoms with Crippen molar-refractivity contribution < 1.29 is 27.2 Å². The first-order valence-corrected chi connectivity index (χ1v) is 12.5. The minimum absolute atomic E-state index is 0.181. The number of hydrogen-bond donors (Lipinski definition) is 1. The first-order chi connectivity index (χ1) is 16.4. The molecule has 0 bridgehead atoms. The molecular formula is C23H24N4O6S.